The Hall–Kier alpha value is -2.70. The summed E-state index contributed by atoms with van der Waals surface area (Å²) >= 11 is 0. The highest BCUT2D eigenvalue weighted by Crippen LogP contribution is 2.33. The van der Waals surface area contributed by atoms with Crippen molar-refractivity contribution in [3.05, 3.63) is 59.4 Å². The van der Waals surface area contributed by atoms with Crippen LogP contribution in [0.2, 0.25) is 0 Å². The number of carbonyl (C=O) groups excluding carboxylic acids is 1. The lowest BCUT2D eigenvalue weighted by atomic mass is 9.91. The molecule has 0 atom stereocenters. The maximum absolute atomic E-state index is 12.6. The quantitative estimate of drug-likeness (QED) is 0.767. The first kappa shape index (κ1) is 15.8. The van der Waals surface area contributed by atoms with Gasteiger partial charge in [-0.05, 0) is 36.2 Å². The summed E-state index contributed by atoms with van der Waals surface area (Å²) in [5.41, 5.74) is 3.73. The van der Waals surface area contributed by atoms with Crippen molar-refractivity contribution in [3.8, 4) is 0 Å². The van der Waals surface area contributed by atoms with Crippen LogP contribution < -0.4 is 5.32 Å². The molecule has 1 saturated heterocycles. The maximum Gasteiger partial charge on any atom is 0.255 e. The van der Waals surface area contributed by atoms with Crippen LogP contribution in [0, 0.1) is 6.92 Å². The Morgan fingerprint density at radius 3 is 2.68 bits per heavy atom. The number of ether oxygens (including phenoxy) is 2. The molecule has 1 fully saturated rings. The molecule has 2 aromatic heterocycles. The number of aromatic nitrogens is 2. The number of hydrogen-bond acceptors (Lipinski definition) is 4. The van der Waals surface area contributed by atoms with Gasteiger partial charge < -0.3 is 19.8 Å². The van der Waals surface area contributed by atoms with Crippen LogP contribution in [0.1, 0.15) is 21.5 Å². The van der Waals surface area contributed by atoms with E-state index in [4.69, 9.17) is 9.47 Å². The number of benzene rings is 1. The van der Waals surface area contributed by atoms with Gasteiger partial charge in [0.2, 0.25) is 0 Å². The topological polar surface area (TPSA) is 76.2 Å². The van der Waals surface area contributed by atoms with E-state index in [9.17, 15) is 4.79 Å². The van der Waals surface area contributed by atoms with Crippen molar-refractivity contribution in [2.45, 2.75) is 12.5 Å². The molecule has 0 spiro atoms. The summed E-state index contributed by atoms with van der Waals surface area (Å²) in [7, 11) is 1.68. The molecule has 25 heavy (non-hydrogen) atoms. The third kappa shape index (κ3) is 2.59. The molecule has 1 aliphatic rings. The fraction of sp³-hybridized carbons (Fsp3) is 0.263. The maximum atomic E-state index is 12.6. The van der Waals surface area contributed by atoms with Gasteiger partial charge in [0.15, 0.2) is 0 Å². The van der Waals surface area contributed by atoms with Crippen LogP contribution in [0.4, 0.5) is 5.69 Å². The number of aromatic amines is 1. The van der Waals surface area contributed by atoms with Crippen LogP contribution >= 0.6 is 0 Å². The molecule has 1 aromatic carbocycles. The highest BCUT2D eigenvalue weighted by atomic mass is 16.6. The number of amides is 1. The fourth-order valence-electron chi connectivity index (χ4n) is 3.08. The molecule has 6 nitrogen and oxygen atoms in total. The Labute approximate surface area is 145 Å². The lowest BCUT2D eigenvalue weighted by molar-refractivity contribution is -0.202. The van der Waals surface area contributed by atoms with E-state index >= 15 is 0 Å². The Morgan fingerprint density at radius 2 is 2.04 bits per heavy atom. The molecule has 2 N–H and O–H groups in total. The van der Waals surface area contributed by atoms with Crippen molar-refractivity contribution in [1.29, 1.82) is 0 Å². The number of nitrogens with zero attached hydrogens (tertiary/aromatic N) is 1. The number of H-pyrrole nitrogens is 1. The van der Waals surface area contributed by atoms with Crippen LogP contribution in [0.5, 0.6) is 0 Å². The first-order valence-electron chi connectivity index (χ1n) is 8.10. The minimum Gasteiger partial charge on any atom is -0.375 e. The second-order valence-electron chi connectivity index (χ2n) is 6.26. The fourth-order valence-corrected chi connectivity index (χ4v) is 3.08. The van der Waals surface area contributed by atoms with E-state index in [0.717, 1.165) is 22.2 Å². The summed E-state index contributed by atoms with van der Waals surface area (Å²) in [6.45, 7) is 3.04. The molecule has 128 valence electrons. The average molecular weight is 337 g/mol. The van der Waals surface area contributed by atoms with E-state index in [1.807, 2.05) is 31.3 Å². The summed E-state index contributed by atoms with van der Waals surface area (Å²) < 4.78 is 10.8. The predicted octanol–water partition coefficient (Wildman–Crippen LogP) is 3.00. The normalized spacial score (nSPS) is 15.8. The number of pyridine rings is 1. The number of aryl methyl sites for hydroxylation is 1. The summed E-state index contributed by atoms with van der Waals surface area (Å²) in [4.78, 5) is 19.9. The van der Waals surface area contributed by atoms with Gasteiger partial charge in [-0.3, -0.25) is 4.79 Å². The van der Waals surface area contributed by atoms with Gasteiger partial charge in [0, 0.05) is 24.3 Å². The highest BCUT2D eigenvalue weighted by molar-refractivity contribution is 6.05. The number of rotatable bonds is 4. The number of hydrogen-bond donors (Lipinski definition) is 2. The minimum absolute atomic E-state index is 0.164. The van der Waals surface area contributed by atoms with Gasteiger partial charge in [-0.1, -0.05) is 12.1 Å². The Kier molecular flexibility index (Phi) is 3.78. The Bertz CT molecular complexity index is 921. The van der Waals surface area contributed by atoms with Crippen molar-refractivity contribution in [1.82, 2.24) is 9.97 Å². The Morgan fingerprint density at radius 1 is 1.28 bits per heavy atom. The van der Waals surface area contributed by atoms with Gasteiger partial charge in [-0.25, -0.2) is 4.98 Å². The lowest BCUT2D eigenvalue weighted by Crippen LogP contribution is -2.48. The first-order valence-corrected chi connectivity index (χ1v) is 8.10. The molecule has 3 aromatic rings. The second-order valence-corrected chi connectivity index (χ2v) is 6.26. The van der Waals surface area contributed by atoms with Gasteiger partial charge in [-0.2, -0.15) is 0 Å². The van der Waals surface area contributed by atoms with Crippen molar-refractivity contribution in [3.63, 3.8) is 0 Å². The number of nitrogens with one attached hydrogen (secondary N) is 2. The molecular weight excluding hydrogens is 318 g/mol. The minimum atomic E-state index is -0.380. The van der Waals surface area contributed by atoms with Gasteiger partial charge in [0.1, 0.15) is 11.2 Å². The zero-order chi connectivity index (χ0) is 17.4. The standard InChI is InChI=1S/C19H19N3O3/c1-12-15-7-8-20-17(15)21-9-16(12)22-18(23)13-3-5-14(6-4-13)19(24-2)10-25-11-19/h3-9H,10-11H2,1-2H3,(H,20,21)(H,22,23). The summed E-state index contributed by atoms with van der Waals surface area (Å²) in [6, 6.07) is 9.40. The summed E-state index contributed by atoms with van der Waals surface area (Å²) in [5.74, 6) is -0.164. The monoisotopic (exact) mass is 337 g/mol. The molecular formula is C19H19N3O3. The molecule has 3 heterocycles. The van der Waals surface area contributed by atoms with Crippen LogP contribution in [0.3, 0.4) is 0 Å². The molecule has 1 aliphatic heterocycles. The largest absolute Gasteiger partial charge is 0.375 e. The molecule has 6 heteroatoms. The molecule has 0 bridgehead atoms. The number of carbonyl (C=O) groups is 1. The van der Waals surface area contributed by atoms with Crippen LogP contribution in [0.15, 0.2) is 42.7 Å². The molecule has 0 saturated carbocycles. The molecule has 1 amide bonds. The van der Waals surface area contributed by atoms with Gasteiger partial charge in [0.25, 0.3) is 5.91 Å². The van der Waals surface area contributed by atoms with E-state index in [0.29, 0.717) is 24.5 Å². The van der Waals surface area contributed by atoms with E-state index in [1.165, 1.54) is 0 Å². The Balaban J connectivity index is 1.55. The average Bonchev–Trinajstić information content (AvgIpc) is 3.07. The highest BCUT2D eigenvalue weighted by Gasteiger charge is 2.40. The molecule has 0 aliphatic carbocycles. The van der Waals surface area contributed by atoms with Crippen molar-refractivity contribution >= 4 is 22.6 Å². The molecule has 0 radical (unpaired) electrons. The number of fused-ring (bicyclic) bond motifs is 1. The number of methoxy groups -OCH3 is 1. The zero-order valence-electron chi connectivity index (χ0n) is 14.1. The summed E-state index contributed by atoms with van der Waals surface area (Å²) in [5, 5.41) is 3.94. The predicted molar refractivity (Wildman–Crippen MR) is 94.7 cm³/mol. The van der Waals surface area contributed by atoms with Crippen LogP contribution in [-0.2, 0) is 15.1 Å². The van der Waals surface area contributed by atoms with Crippen LogP contribution in [-0.4, -0.2) is 36.2 Å². The van der Waals surface area contributed by atoms with E-state index in [2.05, 4.69) is 15.3 Å². The third-order valence-corrected chi connectivity index (χ3v) is 4.84. The summed E-state index contributed by atoms with van der Waals surface area (Å²) in [6.07, 6.45) is 3.51. The van der Waals surface area contributed by atoms with E-state index in [-0.39, 0.29) is 11.5 Å². The van der Waals surface area contributed by atoms with Gasteiger partial charge >= 0.3 is 0 Å². The van der Waals surface area contributed by atoms with Crippen molar-refractivity contribution in [2.24, 2.45) is 0 Å². The zero-order valence-corrected chi connectivity index (χ0v) is 14.1. The van der Waals surface area contributed by atoms with Gasteiger partial charge in [-0.15, -0.1) is 0 Å². The first-order chi connectivity index (χ1) is 12.1. The molecule has 0 unspecified atom stereocenters. The van der Waals surface area contributed by atoms with E-state index < -0.39 is 0 Å². The van der Waals surface area contributed by atoms with Crippen molar-refractivity contribution < 1.29 is 14.3 Å². The second kappa shape index (κ2) is 5.98. The van der Waals surface area contributed by atoms with Gasteiger partial charge in [0.05, 0.1) is 25.1 Å². The molecule has 4 rings (SSSR count). The number of anilines is 1. The van der Waals surface area contributed by atoms with E-state index in [1.54, 1.807) is 25.4 Å². The van der Waals surface area contributed by atoms with Crippen molar-refractivity contribution in [2.75, 3.05) is 25.6 Å². The van der Waals surface area contributed by atoms with Crippen LogP contribution in [0.25, 0.3) is 11.0 Å². The smallest absolute Gasteiger partial charge is 0.255 e. The lowest BCUT2D eigenvalue weighted by Gasteiger charge is -2.40. The third-order valence-electron chi connectivity index (χ3n) is 4.84. The SMILES string of the molecule is COC1(c2ccc(C(=O)Nc3cnc4[nH]ccc4c3C)cc2)COC1.